The minimum absolute atomic E-state index is 0.0592. The maximum absolute atomic E-state index is 12.0. The van der Waals surface area contributed by atoms with Crippen LogP contribution in [0.15, 0.2) is 24.3 Å². The number of carbonyl (C=O) groups is 1. The lowest BCUT2D eigenvalue weighted by Gasteiger charge is -2.10. The lowest BCUT2D eigenvalue weighted by atomic mass is 9.96. The van der Waals surface area contributed by atoms with Crippen molar-refractivity contribution in [1.29, 1.82) is 5.26 Å². The van der Waals surface area contributed by atoms with Crippen molar-refractivity contribution in [1.82, 2.24) is 0 Å². The van der Waals surface area contributed by atoms with Crippen molar-refractivity contribution >= 4 is 5.78 Å². The van der Waals surface area contributed by atoms with Crippen molar-refractivity contribution < 1.29 is 9.53 Å². The number of hydrogen-bond donors (Lipinski definition) is 0. The monoisotopic (exact) mass is 229 g/mol. The highest BCUT2D eigenvalue weighted by molar-refractivity contribution is 6.04. The Bertz CT molecular complexity index is 464. The van der Waals surface area contributed by atoms with Crippen LogP contribution < -0.4 is 4.74 Å². The predicted octanol–water partition coefficient (Wildman–Crippen LogP) is 2.96. The number of ether oxygens (including phenoxy) is 1. The molecule has 0 amide bonds. The first-order chi connectivity index (χ1) is 8.07. The number of hydrogen-bond acceptors (Lipinski definition) is 3. The molecule has 0 N–H and O–H groups in total. The molecule has 1 fully saturated rings. The second-order valence-electron chi connectivity index (χ2n) is 4.71. The number of nitrogens with zero attached hydrogens (tertiary/aromatic N) is 1. The van der Waals surface area contributed by atoms with Gasteiger partial charge in [0.05, 0.1) is 12.2 Å². The molecule has 1 aromatic rings. The fraction of sp³-hybridized carbons (Fsp3) is 0.429. The smallest absolute Gasteiger partial charge is 0.183 e. The van der Waals surface area contributed by atoms with Crippen LogP contribution in [0.1, 0.15) is 37.0 Å². The van der Waals surface area contributed by atoms with Crippen LogP contribution in [0.4, 0.5) is 0 Å². The van der Waals surface area contributed by atoms with Gasteiger partial charge in [-0.25, -0.2) is 0 Å². The number of benzene rings is 1. The number of carbonyl (C=O) groups excluding carboxylic acids is 1. The lowest BCUT2D eigenvalue weighted by molar-refractivity contribution is 0.0934. The van der Waals surface area contributed by atoms with Crippen LogP contribution in [-0.4, -0.2) is 11.9 Å². The van der Waals surface area contributed by atoms with E-state index in [-0.39, 0.29) is 11.9 Å². The molecular weight excluding hydrogens is 214 g/mol. The predicted molar refractivity (Wildman–Crippen MR) is 63.8 cm³/mol. The standard InChI is InChI=1S/C14H15NO2/c1-10(2)17-12-5-3-11(4-6-12)13(16)14(9-15)7-8-14/h3-6,10H,7-8H2,1-2H3. The number of Topliss-reactive ketones (excluding diaryl/α,β-unsaturated/α-hetero) is 1. The zero-order valence-corrected chi connectivity index (χ0v) is 10.1. The van der Waals surface area contributed by atoms with Crippen LogP contribution in [-0.2, 0) is 0 Å². The Kier molecular flexibility index (Phi) is 2.89. The van der Waals surface area contributed by atoms with Crippen molar-refractivity contribution in [3.8, 4) is 11.8 Å². The van der Waals surface area contributed by atoms with E-state index in [0.29, 0.717) is 18.4 Å². The summed E-state index contributed by atoms with van der Waals surface area (Å²) >= 11 is 0. The fourth-order valence-electron chi connectivity index (χ4n) is 1.75. The van der Waals surface area contributed by atoms with Crippen LogP contribution in [0.3, 0.4) is 0 Å². The summed E-state index contributed by atoms with van der Waals surface area (Å²) in [7, 11) is 0. The Labute approximate surface area is 101 Å². The SMILES string of the molecule is CC(C)Oc1ccc(C(=O)C2(C#N)CC2)cc1. The molecule has 0 unspecified atom stereocenters. The first-order valence-electron chi connectivity index (χ1n) is 5.80. The van der Waals surface area contributed by atoms with Crippen molar-refractivity contribution in [2.75, 3.05) is 0 Å². The zero-order valence-electron chi connectivity index (χ0n) is 10.1. The molecule has 0 saturated heterocycles. The summed E-state index contributed by atoms with van der Waals surface area (Å²) in [5.41, 5.74) is -0.138. The highest BCUT2D eigenvalue weighted by Crippen LogP contribution is 2.47. The molecule has 3 heteroatoms. The maximum atomic E-state index is 12.0. The molecule has 0 radical (unpaired) electrons. The van der Waals surface area contributed by atoms with Gasteiger partial charge in [0, 0.05) is 5.56 Å². The van der Waals surface area contributed by atoms with Gasteiger partial charge in [0.15, 0.2) is 5.78 Å². The van der Waals surface area contributed by atoms with Crippen LogP contribution in [0.5, 0.6) is 5.75 Å². The van der Waals surface area contributed by atoms with Crippen molar-refractivity contribution in [2.24, 2.45) is 5.41 Å². The van der Waals surface area contributed by atoms with E-state index in [4.69, 9.17) is 10.00 Å². The van der Waals surface area contributed by atoms with E-state index in [1.165, 1.54) is 0 Å². The lowest BCUT2D eigenvalue weighted by Crippen LogP contribution is -2.13. The number of nitriles is 1. The van der Waals surface area contributed by atoms with Gasteiger partial charge >= 0.3 is 0 Å². The molecule has 0 atom stereocenters. The van der Waals surface area contributed by atoms with Gasteiger partial charge in [0.25, 0.3) is 0 Å². The van der Waals surface area contributed by atoms with Crippen LogP contribution in [0.2, 0.25) is 0 Å². The topological polar surface area (TPSA) is 50.1 Å². The molecule has 2 rings (SSSR count). The van der Waals surface area contributed by atoms with Gasteiger partial charge in [0.2, 0.25) is 0 Å². The van der Waals surface area contributed by atoms with E-state index in [0.717, 1.165) is 5.75 Å². The van der Waals surface area contributed by atoms with Gasteiger partial charge in [-0.3, -0.25) is 4.79 Å². The largest absolute Gasteiger partial charge is 0.491 e. The van der Waals surface area contributed by atoms with E-state index in [2.05, 4.69) is 6.07 Å². The molecule has 1 saturated carbocycles. The minimum Gasteiger partial charge on any atom is -0.491 e. The average molecular weight is 229 g/mol. The molecule has 88 valence electrons. The maximum Gasteiger partial charge on any atom is 0.183 e. The second-order valence-corrected chi connectivity index (χ2v) is 4.71. The Morgan fingerprint density at radius 2 is 1.94 bits per heavy atom. The summed E-state index contributed by atoms with van der Waals surface area (Å²) < 4.78 is 5.50. The van der Waals surface area contributed by atoms with Gasteiger partial charge in [-0.05, 0) is 51.0 Å². The third-order valence-corrected chi connectivity index (χ3v) is 2.89. The van der Waals surface area contributed by atoms with Crippen molar-refractivity contribution in [2.45, 2.75) is 32.8 Å². The molecule has 0 bridgehead atoms. The highest BCUT2D eigenvalue weighted by Gasteiger charge is 2.50. The minimum atomic E-state index is -0.736. The Balaban J connectivity index is 2.14. The molecule has 0 heterocycles. The number of ketones is 1. The van der Waals surface area contributed by atoms with Gasteiger partial charge in [-0.2, -0.15) is 5.26 Å². The van der Waals surface area contributed by atoms with Gasteiger partial charge < -0.3 is 4.74 Å². The molecular formula is C14H15NO2. The summed E-state index contributed by atoms with van der Waals surface area (Å²) in [6.45, 7) is 3.90. The summed E-state index contributed by atoms with van der Waals surface area (Å²) in [5, 5.41) is 8.97. The van der Waals surface area contributed by atoms with Crippen molar-refractivity contribution in [3.05, 3.63) is 29.8 Å². The normalized spacial score (nSPS) is 16.4. The Morgan fingerprint density at radius 1 is 1.35 bits per heavy atom. The third-order valence-electron chi connectivity index (χ3n) is 2.89. The molecule has 1 aliphatic rings. The summed E-state index contributed by atoms with van der Waals surface area (Å²) in [6, 6.07) is 9.14. The molecule has 0 spiro atoms. The van der Waals surface area contributed by atoms with E-state index in [1.807, 2.05) is 13.8 Å². The summed E-state index contributed by atoms with van der Waals surface area (Å²) in [4.78, 5) is 12.0. The van der Waals surface area contributed by atoms with E-state index in [1.54, 1.807) is 24.3 Å². The first-order valence-corrected chi connectivity index (χ1v) is 5.80. The van der Waals surface area contributed by atoms with E-state index >= 15 is 0 Å². The molecule has 1 aromatic carbocycles. The van der Waals surface area contributed by atoms with Crippen LogP contribution in [0, 0.1) is 16.7 Å². The third kappa shape index (κ3) is 2.31. The summed E-state index contributed by atoms with van der Waals surface area (Å²) in [5.74, 6) is 0.689. The highest BCUT2D eigenvalue weighted by atomic mass is 16.5. The Morgan fingerprint density at radius 3 is 2.35 bits per heavy atom. The van der Waals surface area contributed by atoms with E-state index in [9.17, 15) is 4.79 Å². The van der Waals surface area contributed by atoms with Gasteiger partial charge in [-0.15, -0.1) is 0 Å². The number of rotatable bonds is 4. The second kappa shape index (κ2) is 4.21. The fourth-order valence-corrected chi connectivity index (χ4v) is 1.75. The Hall–Kier alpha value is -1.82. The first kappa shape index (κ1) is 11.7. The average Bonchev–Trinajstić information content (AvgIpc) is 3.09. The molecule has 1 aliphatic carbocycles. The molecule has 0 aromatic heterocycles. The van der Waals surface area contributed by atoms with Gasteiger partial charge in [0.1, 0.15) is 11.2 Å². The van der Waals surface area contributed by atoms with E-state index < -0.39 is 5.41 Å². The molecule has 0 aliphatic heterocycles. The van der Waals surface area contributed by atoms with Crippen LogP contribution in [0.25, 0.3) is 0 Å². The van der Waals surface area contributed by atoms with Crippen LogP contribution >= 0.6 is 0 Å². The molecule has 17 heavy (non-hydrogen) atoms. The molecule has 3 nitrogen and oxygen atoms in total. The van der Waals surface area contributed by atoms with Crippen molar-refractivity contribution in [3.63, 3.8) is 0 Å². The zero-order chi connectivity index (χ0) is 12.5. The summed E-state index contributed by atoms with van der Waals surface area (Å²) in [6.07, 6.45) is 1.49. The quantitative estimate of drug-likeness (QED) is 0.746. The van der Waals surface area contributed by atoms with Gasteiger partial charge in [-0.1, -0.05) is 0 Å².